The topological polar surface area (TPSA) is 76.7 Å². The molecule has 3 N–H and O–H groups in total. The molecular weight excluding hydrogens is 198 g/mol. The fraction of sp³-hybridized carbons (Fsp3) is 0.375. The van der Waals surface area contributed by atoms with E-state index in [9.17, 15) is 0 Å². The van der Waals surface area contributed by atoms with Crippen molar-refractivity contribution in [1.82, 2.24) is 15.0 Å². The summed E-state index contributed by atoms with van der Waals surface area (Å²) in [6.07, 6.45) is 1.49. The summed E-state index contributed by atoms with van der Waals surface area (Å²) in [5.41, 5.74) is 3.27. The van der Waals surface area contributed by atoms with Crippen LogP contribution in [0.3, 0.4) is 0 Å². The standard InChI is InChI=1S/C8H11N5S/c1-4(2)7-12-5-6(13-9)10-3-11-8(5)14-7/h3-4H,9H2,1-2H3,(H,10,11,13). The number of rotatable bonds is 2. The van der Waals surface area contributed by atoms with Crippen LogP contribution in [0.25, 0.3) is 10.3 Å². The number of hydrazine groups is 1. The van der Waals surface area contributed by atoms with Crippen LogP contribution in [0, 0.1) is 0 Å². The van der Waals surface area contributed by atoms with E-state index in [0.717, 1.165) is 15.4 Å². The minimum absolute atomic E-state index is 0.403. The van der Waals surface area contributed by atoms with Crippen LogP contribution in [0.2, 0.25) is 0 Å². The van der Waals surface area contributed by atoms with Crippen molar-refractivity contribution in [3.63, 3.8) is 0 Å². The first-order chi connectivity index (χ1) is 6.72. The minimum Gasteiger partial charge on any atom is -0.307 e. The molecule has 0 bridgehead atoms. The molecule has 5 nitrogen and oxygen atoms in total. The average molecular weight is 209 g/mol. The molecule has 2 rings (SSSR count). The number of thiazole rings is 1. The Morgan fingerprint density at radius 3 is 2.86 bits per heavy atom. The molecule has 74 valence electrons. The first-order valence-corrected chi connectivity index (χ1v) is 5.12. The normalized spacial score (nSPS) is 11.1. The number of nitrogens with one attached hydrogen (secondary N) is 1. The van der Waals surface area contributed by atoms with Gasteiger partial charge in [-0.1, -0.05) is 25.2 Å². The Kier molecular flexibility index (Phi) is 2.30. The van der Waals surface area contributed by atoms with Crippen LogP contribution in [0.5, 0.6) is 0 Å². The van der Waals surface area contributed by atoms with Gasteiger partial charge < -0.3 is 5.43 Å². The van der Waals surface area contributed by atoms with Gasteiger partial charge in [0.15, 0.2) is 5.82 Å². The van der Waals surface area contributed by atoms with Crippen molar-refractivity contribution in [1.29, 1.82) is 0 Å². The Bertz CT molecular complexity index is 450. The molecule has 2 aromatic rings. The van der Waals surface area contributed by atoms with Crippen molar-refractivity contribution >= 4 is 27.5 Å². The Labute approximate surface area is 85.4 Å². The molecule has 2 aromatic heterocycles. The monoisotopic (exact) mass is 209 g/mol. The molecule has 6 heteroatoms. The molecule has 2 heterocycles. The van der Waals surface area contributed by atoms with Crippen LogP contribution in [0.4, 0.5) is 5.82 Å². The van der Waals surface area contributed by atoms with Gasteiger partial charge in [0, 0.05) is 5.92 Å². The van der Waals surface area contributed by atoms with E-state index in [0.29, 0.717) is 11.7 Å². The highest BCUT2D eigenvalue weighted by atomic mass is 32.1. The molecular formula is C8H11N5S. The minimum atomic E-state index is 0.403. The molecule has 0 aliphatic rings. The van der Waals surface area contributed by atoms with Crippen LogP contribution >= 0.6 is 11.3 Å². The lowest BCUT2D eigenvalue weighted by molar-refractivity contribution is 0.856. The maximum Gasteiger partial charge on any atom is 0.170 e. The quantitative estimate of drug-likeness (QED) is 0.579. The predicted octanol–water partition coefficient (Wildman–Crippen LogP) is 1.50. The highest BCUT2D eigenvalue weighted by Crippen LogP contribution is 2.28. The Hall–Kier alpha value is -1.27. The van der Waals surface area contributed by atoms with Gasteiger partial charge in [0.1, 0.15) is 16.7 Å². The zero-order valence-corrected chi connectivity index (χ0v) is 8.80. The van der Waals surface area contributed by atoms with Gasteiger partial charge in [-0.25, -0.2) is 20.8 Å². The molecule has 0 fully saturated rings. The fourth-order valence-corrected chi connectivity index (χ4v) is 2.03. The number of hydrogen-bond acceptors (Lipinski definition) is 6. The molecule has 0 amide bonds. The number of nitrogen functional groups attached to an aromatic ring is 1. The van der Waals surface area contributed by atoms with E-state index >= 15 is 0 Å². The molecule has 0 saturated heterocycles. The predicted molar refractivity (Wildman–Crippen MR) is 57.1 cm³/mol. The SMILES string of the molecule is CC(C)c1nc2c(NN)ncnc2s1. The van der Waals surface area contributed by atoms with Gasteiger partial charge in [-0.2, -0.15) is 0 Å². The molecule has 0 unspecified atom stereocenters. The third kappa shape index (κ3) is 1.42. The molecule has 0 aliphatic carbocycles. The Morgan fingerprint density at radius 1 is 1.43 bits per heavy atom. The third-order valence-corrected chi connectivity index (χ3v) is 3.11. The number of aromatic nitrogens is 3. The van der Waals surface area contributed by atoms with E-state index in [1.165, 1.54) is 6.33 Å². The van der Waals surface area contributed by atoms with Crippen molar-refractivity contribution in [3.05, 3.63) is 11.3 Å². The van der Waals surface area contributed by atoms with E-state index < -0.39 is 0 Å². The molecule has 0 spiro atoms. The number of hydrogen-bond donors (Lipinski definition) is 2. The van der Waals surface area contributed by atoms with Crippen LogP contribution in [0.1, 0.15) is 24.8 Å². The maximum absolute atomic E-state index is 5.33. The van der Waals surface area contributed by atoms with Gasteiger partial charge >= 0.3 is 0 Å². The lowest BCUT2D eigenvalue weighted by Gasteiger charge is -1.97. The zero-order chi connectivity index (χ0) is 10.1. The largest absolute Gasteiger partial charge is 0.307 e. The second kappa shape index (κ2) is 3.47. The van der Waals surface area contributed by atoms with Gasteiger partial charge in [0.2, 0.25) is 0 Å². The molecule has 0 saturated carbocycles. The van der Waals surface area contributed by atoms with Gasteiger partial charge in [-0.15, -0.1) is 0 Å². The van der Waals surface area contributed by atoms with Crippen LogP contribution in [0.15, 0.2) is 6.33 Å². The van der Waals surface area contributed by atoms with E-state index in [-0.39, 0.29) is 0 Å². The van der Waals surface area contributed by atoms with Gasteiger partial charge in [-0.3, -0.25) is 0 Å². The Morgan fingerprint density at radius 2 is 2.21 bits per heavy atom. The summed E-state index contributed by atoms with van der Waals surface area (Å²) < 4.78 is 0. The molecule has 0 aliphatic heterocycles. The second-order valence-electron chi connectivity index (χ2n) is 3.23. The molecule has 0 aromatic carbocycles. The number of anilines is 1. The van der Waals surface area contributed by atoms with Gasteiger partial charge in [0.25, 0.3) is 0 Å². The van der Waals surface area contributed by atoms with Crippen molar-refractivity contribution in [3.8, 4) is 0 Å². The summed E-state index contributed by atoms with van der Waals surface area (Å²) >= 11 is 1.58. The summed E-state index contributed by atoms with van der Waals surface area (Å²) in [5.74, 6) is 6.31. The highest BCUT2D eigenvalue weighted by molar-refractivity contribution is 7.18. The maximum atomic E-state index is 5.33. The summed E-state index contributed by atoms with van der Waals surface area (Å²) in [6.45, 7) is 4.20. The average Bonchev–Trinajstić information content (AvgIpc) is 2.60. The van der Waals surface area contributed by atoms with Crippen LogP contribution < -0.4 is 11.3 Å². The molecule has 0 radical (unpaired) electrons. The third-order valence-electron chi connectivity index (χ3n) is 1.84. The van der Waals surface area contributed by atoms with Gasteiger partial charge in [0.05, 0.1) is 5.01 Å². The summed E-state index contributed by atoms with van der Waals surface area (Å²) in [7, 11) is 0. The van der Waals surface area contributed by atoms with E-state index in [1.54, 1.807) is 11.3 Å². The fourth-order valence-electron chi connectivity index (χ4n) is 1.12. The first-order valence-electron chi connectivity index (χ1n) is 4.30. The van der Waals surface area contributed by atoms with Crippen molar-refractivity contribution in [2.24, 2.45) is 5.84 Å². The first kappa shape index (κ1) is 9.29. The number of fused-ring (bicyclic) bond motifs is 1. The summed E-state index contributed by atoms with van der Waals surface area (Å²) in [6, 6.07) is 0. The smallest absolute Gasteiger partial charge is 0.170 e. The highest BCUT2D eigenvalue weighted by Gasteiger charge is 2.11. The lowest BCUT2D eigenvalue weighted by Crippen LogP contribution is -2.09. The van der Waals surface area contributed by atoms with Crippen molar-refractivity contribution in [2.45, 2.75) is 19.8 Å². The van der Waals surface area contributed by atoms with Crippen molar-refractivity contribution < 1.29 is 0 Å². The summed E-state index contributed by atoms with van der Waals surface area (Å²) in [5, 5.41) is 1.05. The van der Waals surface area contributed by atoms with E-state index in [1.807, 2.05) is 0 Å². The van der Waals surface area contributed by atoms with E-state index in [2.05, 4.69) is 34.2 Å². The second-order valence-corrected chi connectivity index (χ2v) is 4.24. The Balaban J connectivity index is 2.64. The van der Waals surface area contributed by atoms with Crippen LogP contribution in [-0.4, -0.2) is 15.0 Å². The molecule has 14 heavy (non-hydrogen) atoms. The van der Waals surface area contributed by atoms with Gasteiger partial charge in [-0.05, 0) is 0 Å². The van der Waals surface area contributed by atoms with Crippen molar-refractivity contribution in [2.75, 3.05) is 5.43 Å². The number of nitrogens with two attached hydrogens (primary N) is 1. The van der Waals surface area contributed by atoms with Crippen LogP contribution in [-0.2, 0) is 0 Å². The summed E-state index contributed by atoms with van der Waals surface area (Å²) in [4.78, 5) is 13.4. The number of nitrogens with zero attached hydrogens (tertiary/aromatic N) is 3. The lowest BCUT2D eigenvalue weighted by atomic mass is 10.2. The zero-order valence-electron chi connectivity index (χ0n) is 7.98. The van der Waals surface area contributed by atoms with E-state index in [4.69, 9.17) is 5.84 Å². The molecule has 0 atom stereocenters.